The first-order chi connectivity index (χ1) is 15.0. The van der Waals surface area contributed by atoms with Crippen LogP contribution in [0.15, 0.2) is 64.8 Å². The standard InChI is InChI=1S/C19H15F3N4O4S2/c1-3-13-14(4-2)17(27)16(31-18-23-10-24-25-18)9-15(13)26-32(28,29)12-7-5-11(6-8-12)30-19(20,21)22/h3-10,26-27H,1-2H2,(H,23,24,25). The number of nitrogens with one attached hydrogen (secondary N) is 2. The molecule has 0 unspecified atom stereocenters. The normalized spacial score (nSPS) is 11.7. The van der Waals surface area contributed by atoms with Gasteiger partial charge in [-0.15, -0.1) is 13.2 Å². The van der Waals surface area contributed by atoms with E-state index in [1.54, 1.807) is 0 Å². The van der Waals surface area contributed by atoms with Crippen molar-refractivity contribution in [3.63, 3.8) is 0 Å². The van der Waals surface area contributed by atoms with Gasteiger partial charge in [0.2, 0.25) is 0 Å². The molecule has 3 N–H and O–H groups in total. The number of benzene rings is 2. The van der Waals surface area contributed by atoms with E-state index >= 15 is 0 Å². The predicted octanol–water partition coefficient (Wildman–Crippen LogP) is 4.65. The van der Waals surface area contributed by atoms with E-state index < -0.39 is 22.1 Å². The van der Waals surface area contributed by atoms with Crippen LogP contribution in [0.5, 0.6) is 11.5 Å². The zero-order valence-corrected chi connectivity index (χ0v) is 17.7. The topological polar surface area (TPSA) is 117 Å². The summed E-state index contributed by atoms with van der Waals surface area (Å²) in [6.07, 6.45) is -0.973. The van der Waals surface area contributed by atoms with Gasteiger partial charge >= 0.3 is 6.36 Å². The van der Waals surface area contributed by atoms with Crippen LogP contribution in [0.2, 0.25) is 0 Å². The molecule has 1 heterocycles. The van der Waals surface area contributed by atoms with E-state index in [9.17, 15) is 26.7 Å². The van der Waals surface area contributed by atoms with E-state index in [0.29, 0.717) is 5.16 Å². The zero-order chi connectivity index (χ0) is 23.5. The number of halogens is 3. The van der Waals surface area contributed by atoms with E-state index in [1.807, 2.05) is 0 Å². The molecule has 0 bridgehead atoms. The SMILES string of the molecule is C=Cc1c(NS(=O)(=O)c2ccc(OC(F)(F)F)cc2)cc(Sc2ncn[nH]2)c(O)c1C=C. The first-order valence-corrected chi connectivity index (χ1v) is 10.9. The van der Waals surface area contributed by atoms with Crippen molar-refractivity contribution >= 4 is 39.6 Å². The number of phenols is 1. The van der Waals surface area contributed by atoms with Gasteiger partial charge in [0.15, 0.2) is 5.16 Å². The van der Waals surface area contributed by atoms with Crippen molar-refractivity contribution in [1.82, 2.24) is 15.2 Å². The van der Waals surface area contributed by atoms with Gasteiger partial charge in [0, 0.05) is 11.1 Å². The van der Waals surface area contributed by atoms with Crippen LogP contribution in [0.1, 0.15) is 11.1 Å². The number of aromatic hydroxyl groups is 1. The molecular formula is C19H15F3N4O4S2. The Hall–Kier alpha value is -3.45. The molecule has 8 nitrogen and oxygen atoms in total. The molecule has 0 radical (unpaired) electrons. The molecule has 0 saturated carbocycles. The molecule has 168 valence electrons. The Morgan fingerprint density at radius 1 is 1.16 bits per heavy atom. The second-order valence-corrected chi connectivity index (χ2v) is 8.74. The average Bonchev–Trinajstić information content (AvgIpc) is 3.22. The number of phenolic OH excluding ortho intramolecular Hbond substituents is 1. The third-order valence-electron chi connectivity index (χ3n) is 3.96. The number of ether oxygens (including phenoxy) is 1. The Kier molecular flexibility index (Phi) is 6.50. The molecule has 13 heteroatoms. The van der Waals surface area contributed by atoms with Crippen molar-refractivity contribution < 1.29 is 31.4 Å². The molecule has 0 atom stereocenters. The van der Waals surface area contributed by atoms with Crippen LogP contribution in [0.3, 0.4) is 0 Å². The quantitative estimate of drug-likeness (QED) is 0.399. The molecule has 3 rings (SSSR count). The number of anilines is 1. The van der Waals surface area contributed by atoms with E-state index in [1.165, 1.54) is 24.5 Å². The molecule has 1 aromatic heterocycles. The van der Waals surface area contributed by atoms with Crippen molar-refractivity contribution in [2.75, 3.05) is 4.72 Å². The molecule has 32 heavy (non-hydrogen) atoms. The van der Waals surface area contributed by atoms with Crippen LogP contribution in [-0.4, -0.2) is 35.1 Å². The summed E-state index contributed by atoms with van der Waals surface area (Å²) in [5.41, 5.74) is 0.529. The highest BCUT2D eigenvalue weighted by Crippen LogP contribution is 2.41. The first kappa shape index (κ1) is 23.2. The summed E-state index contributed by atoms with van der Waals surface area (Å²) < 4.78 is 68.8. The van der Waals surface area contributed by atoms with Gasteiger partial charge in [-0.25, -0.2) is 13.4 Å². The van der Waals surface area contributed by atoms with Crippen LogP contribution >= 0.6 is 11.8 Å². The Morgan fingerprint density at radius 3 is 2.34 bits per heavy atom. The largest absolute Gasteiger partial charge is 0.573 e. The fourth-order valence-corrected chi connectivity index (χ4v) is 4.50. The number of hydrogen-bond donors (Lipinski definition) is 3. The summed E-state index contributed by atoms with van der Waals surface area (Å²) in [7, 11) is -4.22. The fraction of sp³-hybridized carbons (Fsp3) is 0.0526. The van der Waals surface area contributed by atoms with Gasteiger partial charge in [0.25, 0.3) is 10.0 Å². The van der Waals surface area contributed by atoms with Crippen molar-refractivity contribution in [2.24, 2.45) is 0 Å². The monoisotopic (exact) mass is 484 g/mol. The summed E-state index contributed by atoms with van der Waals surface area (Å²) in [6, 6.07) is 5.07. The highest BCUT2D eigenvalue weighted by Gasteiger charge is 2.31. The molecule has 2 aromatic carbocycles. The summed E-state index contributed by atoms with van der Waals surface area (Å²) >= 11 is 0.994. The lowest BCUT2D eigenvalue weighted by Crippen LogP contribution is -2.17. The van der Waals surface area contributed by atoms with Crippen molar-refractivity contribution in [2.45, 2.75) is 21.3 Å². The van der Waals surface area contributed by atoms with Crippen molar-refractivity contribution in [1.29, 1.82) is 0 Å². The van der Waals surface area contributed by atoms with Gasteiger partial charge in [-0.3, -0.25) is 9.82 Å². The van der Waals surface area contributed by atoms with E-state index in [-0.39, 0.29) is 32.4 Å². The third-order valence-corrected chi connectivity index (χ3v) is 6.27. The van der Waals surface area contributed by atoms with Crippen LogP contribution in [0.25, 0.3) is 12.2 Å². The summed E-state index contributed by atoms with van der Waals surface area (Å²) in [5.74, 6) is -0.736. The van der Waals surface area contributed by atoms with Gasteiger partial charge in [0.1, 0.15) is 17.8 Å². The maximum atomic E-state index is 12.8. The Labute approximate surface area is 184 Å². The number of aromatic nitrogens is 3. The lowest BCUT2D eigenvalue weighted by atomic mass is 10.0. The van der Waals surface area contributed by atoms with Gasteiger partial charge in [0.05, 0.1) is 15.5 Å². The second kappa shape index (κ2) is 8.96. The summed E-state index contributed by atoms with van der Waals surface area (Å²) in [6.45, 7) is 7.28. The minimum absolute atomic E-state index is 0.0605. The highest BCUT2D eigenvalue weighted by molar-refractivity contribution is 7.99. The highest BCUT2D eigenvalue weighted by atomic mass is 32.2. The number of alkyl halides is 3. The number of rotatable bonds is 8. The lowest BCUT2D eigenvalue weighted by molar-refractivity contribution is -0.274. The second-order valence-electron chi connectivity index (χ2n) is 6.02. The van der Waals surface area contributed by atoms with E-state index in [0.717, 1.165) is 36.0 Å². The van der Waals surface area contributed by atoms with Gasteiger partial charge in [-0.1, -0.05) is 25.3 Å². The molecule has 3 aromatic rings. The number of aromatic amines is 1. The van der Waals surface area contributed by atoms with Crippen molar-refractivity contribution in [3.8, 4) is 11.5 Å². The van der Waals surface area contributed by atoms with E-state index in [2.05, 4.69) is 37.8 Å². The Morgan fingerprint density at radius 2 is 1.81 bits per heavy atom. The predicted molar refractivity (Wildman–Crippen MR) is 113 cm³/mol. The first-order valence-electron chi connectivity index (χ1n) is 8.60. The lowest BCUT2D eigenvalue weighted by Gasteiger charge is -2.17. The van der Waals surface area contributed by atoms with Crippen LogP contribution < -0.4 is 9.46 Å². The Bertz CT molecular complexity index is 1240. The molecule has 0 amide bonds. The minimum Gasteiger partial charge on any atom is -0.506 e. The maximum absolute atomic E-state index is 12.8. The number of nitrogens with zero attached hydrogens (tertiary/aromatic N) is 2. The van der Waals surface area contributed by atoms with Gasteiger partial charge in [-0.2, -0.15) is 5.10 Å². The van der Waals surface area contributed by atoms with Crippen LogP contribution in [0, 0.1) is 0 Å². The molecule has 0 spiro atoms. The average molecular weight is 484 g/mol. The van der Waals surface area contributed by atoms with Crippen molar-refractivity contribution in [3.05, 3.63) is 60.9 Å². The number of sulfonamides is 1. The number of H-pyrrole nitrogens is 1. The van der Waals surface area contributed by atoms with Crippen LogP contribution in [-0.2, 0) is 10.0 Å². The summed E-state index contributed by atoms with van der Waals surface area (Å²) in [5, 5.41) is 17.2. The minimum atomic E-state index is -4.90. The molecule has 0 aliphatic heterocycles. The molecular weight excluding hydrogens is 469 g/mol. The zero-order valence-electron chi connectivity index (χ0n) is 16.0. The van der Waals surface area contributed by atoms with Gasteiger partial charge < -0.3 is 9.84 Å². The molecule has 0 aliphatic rings. The number of hydrogen-bond acceptors (Lipinski definition) is 7. The molecule has 0 aliphatic carbocycles. The fourth-order valence-electron chi connectivity index (χ4n) is 2.64. The molecule has 0 fully saturated rings. The van der Waals surface area contributed by atoms with Crippen LogP contribution in [0.4, 0.5) is 18.9 Å². The maximum Gasteiger partial charge on any atom is 0.573 e. The van der Waals surface area contributed by atoms with Gasteiger partial charge in [-0.05, 0) is 42.1 Å². The smallest absolute Gasteiger partial charge is 0.506 e. The molecule has 0 saturated heterocycles. The summed E-state index contributed by atoms with van der Waals surface area (Å²) in [4.78, 5) is 3.88. The third kappa shape index (κ3) is 5.23. The Balaban J connectivity index is 1.99. The van der Waals surface area contributed by atoms with E-state index in [4.69, 9.17) is 0 Å².